The van der Waals surface area contributed by atoms with Gasteiger partial charge in [-0.2, -0.15) is 0 Å². The van der Waals surface area contributed by atoms with Gasteiger partial charge < -0.3 is 19.9 Å². The Kier molecular flexibility index (Phi) is 9.24. The molecular weight excluding hydrogens is 504 g/mol. The molecule has 4 rings (SSSR count). The predicted molar refractivity (Wildman–Crippen MR) is 141 cm³/mol. The Labute approximate surface area is 224 Å². The van der Waals surface area contributed by atoms with E-state index in [2.05, 4.69) is 5.32 Å². The smallest absolute Gasteiger partial charge is 0.326 e. The zero-order valence-electron chi connectivity index (χ0n) is 21.0. The predicted octanol–water partition coefficient (Wildman–Crippen LogP) is 5.48. The second-order valence-electron chi connectivity index (χ2n) is 8.90. The van der Waals surface area contributed by atoms with Crippen molar-refractivity contribution in [1.82, 2.24) is 5.32 Å². The van der Waals surface area contributed by atoms with Gasteiger partial charge in [-0.15, -0.1) is 0 Å². The first-order valence-corrected chi connectivity index (χ1v) is 12.3. The first-order valence-electron chi connectivity index (χ1n) is 12.3. The van der Waals surface area contributed by atoms with Crippen molar-refractivity contribution in [3.63, 3.8) is 0 Å². The molecule has 0 aliphatic rings. The third-order valence-corrected chi connectivity index (χ3v) is 5.92. The minimum atomic E-state index is -1.28. The van der Waals surface area contributed by atoms with Crippen LogP contribution in [0.5, 0.6) is 11.5 Å². The highest BCUT2D eigenvalue weighted by atomic mass is 19.1. The first-order chi connectivity index (χ1) is 18.9. The number of carbonyl (C=O) groups is 2. The molecule has 200 valence electrons. The summed E-state index contributed by atoms with van der Waals surface area (Å²) < 4.78 is 39.1. The number of benzene rings is 4. The topological polar surface area (TPSA) is 84.9 Å². The van der Waals surface area contributed by atoms with Crippen LogP contribution in [-0.4, -0.2) is 23.0 Å². The van der Waals surface area contributed by atoms with Crippen molar-refractivity contribution in [2.75, 3.05) is 0 Å². The van der Waals surface area contributed by atoms with Crippen molar-refractivity contribution in [2.45, 2.75) is 32.1 Å². The van der Waals surface area contributed by atoms with Gasteiger partial charge in [-0.05, 0) is 40.5 Å². The van der Waals surface area contributed by atoms with Gasteiger partial charge in [-0.3, -0.25) is 4.79 Å². The molecule has 39 heavy (non-hydrogen) atoms. The van der Waals surface area contributed by atoms with Crippen LogP contribution in [0.2, 0.25) is 0 Å². The molecule has 4 aromatic rings. The summed E-state index contributed by atoms with van der Waals surface area (Å²) in [7, 11) is 0. The largest absolute Gasteiger partial charge is 0.485 e. The van der Waals surface area contributed by atoms with Crippen LogP contribution < -0.4 is 14.8 Å². The molecule has 0 aromatic heterocycles. The number of halogens is 2. The van der Waals surface area contributed by atoms with E-state index < -0.39 is 36.0 Å². The Balaban J connectivity index is 1.48. The van der Waals surface area contributed by atoms with Gasteiger partial charge in [0.25, 0.3) is 0 Å². The minimum Gasteiger partial charge on any atom is -0.485 e. The number of rotatable bonds is 12. The second kappa shape index (κ2) is 13.2. The monoisotopic (exact) mass is 531 g/mol. The van der Waals surface area contributed by atoms with Crippen molar-refractivity contribution in [2.24, 2.45) is 0 Å². The zero-order valence-corrected chi connectivity index (χ0v) is 21.0. The summed E-state index contributed by atoms with van der Waals surface area (Å²) in [5.74, 6) is -2.67. The molecule has 4 aromatic carbocycles. The van der Waals surface area contributed by atoms with E-state index in [4.69, 9.17) is 9.47 Å². The molecule has 6 nitrogen and oxygen atoms in total. The van der Waals surface area contributed by atoms with Gasteiger partial charge in [0.05, 0.1) is 6.42 Å². The number of carboxylic acids is 1. The van der Waals surface area contributed by atoms with Crippen LogP contribution in [0.25, 0.3) is 0 Å². The van der Waals surface area contributed by atoms with Gasteiger partial charge in [0.15, 0.2) is 11.5 Å². The number of aliphatic carboxylic acids is 1. The lowest BCUT2D eigenvalue weighted by Gasteiger charge is -2.18. The highest BCUT2D eigenvalue weighted by Gasteiger charge is 2.22. The zero-order chi connectivity index (χ0) is 27.6. The van der Waals surface area contributed by atoms with E-state index in [9.17, 15) is 23.5 Å². The molecule has 8 heteroatoms. The van der Waals surface area contributed by atoms with Crippen molar-refractivity contribution in [1.29, 1.82) is 0 Å². The van der Waals surface area contributed by atoms with Crippen LogP contribution in [0.3, 0.4) is 0 Å². The Hall–Kier alpha value is -4.72. The van der Waals surface area contributed by atoms with E-state index in [0.717, 1.165) is 23.3 Å². The fraction of sp³-hybridized carbons (Fsp3) is 0.161. The van der Waals surface area contributed by atoms with E-state index >= 15 is 0 Å². The van der Waals surface area contributed by atoms with Gasteiger partial charge in [-0.1, -0.05) is 72.8 Å². The summed E-state index contributed by atoms with van der Waals surface area (Å²) in [5.41, 5.74) is 2.47. The number of carboxylic acid groups (broad SMARTS) is 1. The van der Waals surface area contributed by atoms with Crippen molar-refractivity contribution in [3.05, 3.63) is 131 Å². The molecular formula is C31H27F2NO5. The average molecular weight is 532 g/mol. The lowest BCUT2D eigenvalue weighted by atomic mass is 10.0. The minimum absolute atomic E-state index is 0.0328. The van der Waals surface area contributed by atoms with Gasteiger partial charge >= 0.3 is 5.97 Å². The molecule has 0 bridgehead atoms. The van der Waals surface area contributed by atoms with Crippen molar-refractivity contribution < 1.29 is 33.0 Å². The van der Waals surface area contributed by atoms with Gasteiger partial charge in [-0.25, -0.2) is 13.6 Å². The maximum absolute atomic E-state index is 13.9. The summed E-state index contributed by atoms with van der Waals surface area (Å²) >= 11 is 0. The molecule has 0 saturated carbocycles. The van der Waals surface area contributed by atoms with E-state index in [-0.39, 0.29) is 18.6 Å². The van der Waals surface area contributed by atoms with Crippen LogP contribution in [0, 0.1) is 11.6 Å². The number of hydrogen-bond donors (Lipinski definition) is 2. The maximum atomic E-state index is 13.9. The Morgan fingerprint density at radius 1 is 0.744 bits per heavy atom. The van der Waals surface area contributed by atoms with Crippen molar-refractivity contribution in [3.8, 4) is 11.5 Å². The van der Waals surface area contributed by atoms with Crippen LogP contribution >= 0.6 is 0 Å². The maximum Gasteiger partial charge on any atom is 0.326 e. The van der Waals surface area contributed by atoms with Crippen LogP contribution in [0.4, 0.5) is 8.78 Å². The van der Waals surface area contributed by atoms with Crippen LogP contribution in [0.1, 0.15) is 22.3 Å². The fourth-order valence-corrected chi connectivity index (χ4v) is 3.90. The lowest BCUT2D eigenvalue weighted by Crippen LogP contribution is -2.43. The third kappa shape index (κ3) is 8.13. The Bertz CT molecular complexity index is 1410. The normalized spacial score (nSPS) is 11.4. The average Bonchev–Trinajstić information content (AvgIpc) is 2.93. The molecule has 0 saturated heterocycles. The molecule has 2 N–H and O–H groups in total. The molecule has 1 atom stereocenters. The molecule has 0 aliphatic carbocycles. The lowest BCUT2D eigenvalue weighted by molar-refractivity contribution is -0.141. The summed E-state index contributed by atoms with van der Waals surface area (Å²) in [6, 6.07) is 25.9. The third-order valence-electron chi connectivity index (χ3n) is 5.92. The molecule has 1 amide bonds. The second-order valence-corrected chi connectivity index (χ2v) is 8.90. The quantitative estimate of drug-likeness (QED) is 0.253. The van der Waals surface area contributed by atoms with Gasteiger partial charge in [0.1, 0.15) is 30.9 Å². The van der Waals surface area contributed by atoms with E-state index in [1.807, 2.05) is 60.7 Å². The molecule has 0 unspecified atom stereocenters. The molecule has 0 fully saturated rings. The standard InChI is InChI=1S/C31H27F2NO5/c32-25-13-12-24(26(33)18-25)17-30(35)34-27(31(36)37)15-23-11-14-28(38-19-21-7-3-1-4-8-21)29(16-23)39-20-22-9-5-2-6-10-22/h1-14,16,18,27H,15,17,19-20H2,(H,34,35)(H,36,37)/t27-/m0/s1. The Morgan fingerprint density at radius 3 is 1.95 bits per heavy atom. The number of hydrogen-bond acceptors (Lipinski definition) is 4. The summed E-state index contributed by atoms with van der Waals surface area (Å²) in [5, 5.41) is 12.2. The number of ether oxygens (including phenoxy) is 2. The first kappa shape index (κ1) is 27.3. The van der Waals surface area contributed by atoms with E-state index in [0.29, 0.717) is 29.7 Å². The van der Waals surface area contributed by atoms with Gasteiger partial charge in [0, 0.05) is 12.5 Å². The highest BCUT2D eigenvalue weighted by Crippen LogP contribution is 2.30. The number of amides is 1. The molecule has 0 spiro atoms. The molecule has 0 aliphatic heterocycles. The summed E-state index contributed by atoms with van der Waals surface area (Å²) in [6.45, 7) is 0.587. The number of nitrogens with one attached hydrogen (secondary N) is 1. The van der Waals surface area contributed by atoms with Crippen LogP contribution in [0.15, 0.2) is 97.1 Å². The van der Waals surface area contributed by atoms with Gasteiger partial charge in [0.2, 0.25) is 5.91 Å². The molecule has 0 heterocycles. The fourth-order valence-electron chi connectivity index (χ4n) is 3.90. The number of carbonyl (C=O) groups excluding carboxylic acids is 1. The van der Waals surface area contributed by atoms with E-state index in [1.165, 1.54) is 0 Å². The SMILES string of the molecule is O=C(Cc1ccc(F)cc1F)N[C@@H](Cc1ccc(OCc2ccccc2)c(OCc2ccccc2)c1)C(=O)O. The summed E-state index contributed by atoms with van der Waals surface area (Å²) in [4.78, 5) is 24.4. The van der Waals surface area contributed by atoms with Crippen LogP contribution in [-0.2, 0) is 35.6 Å². The van der Waals surface area contributed by atoms with Crippen molar-refractivity contribution >= 4 is 11.9 Å². The van der Waals surface area contributed by atoms with E-state index in [1.54, 1.807) is 18.2 Å². The summed E-state index contributed by atoms with van der Waals surface area (Å²) in [6.07, 6.45) is -0.471. The Morgan fingerprint density at radius 2 is 1.36 bits per heavy atom. The highest BCUT2D eigenvalue weighted by molar-refractivity contribution is 5.85. The molecule has 0 radical (unpaired) electrons.